The van der Waals surface area contributed by atoms with Gasteiger partial charge < -0.3 is 15.3 Å². The van der Waals surface area contributed by atoms with Gasteiger partial charge >= 0.3 is 6.03 Å². The van der Waals surface area contributed by atoms with Gasteiger partial charge in [-0.05, 0) is 43.1 Å². The summed E-state index contributed by atoms with van der Waals surface area (Å²) in [4.78, 5) is 14.5. The van der Waals surface area contributed by atoms with Gasteiger partial charge in [-0.25, -0.2) is 4.79 Å². The van der Waals surface area contributed by atoms with Crippen molar-refractivity contribution in [3.63, 3.8) is 0 Å². The number of likely N-dealkylation sites (tertiary alicyclic amines) is 1. The predicted molar refractivity (Wildman–Crippen MR) is 86.4 cm³/mol. The van der Waals surface area contributed by atoms with E-state index in [2.05, 4.69) is 17.4 Å². The summed E-state index contributed by atoms with van der Waals surface area (Å²) in [6, 6.07) is 10.5. The van der Waals surface area contributed by atoms with Crippen LogP contribution in [0.5, 0.6) is 0 Å². The monoisotopic (exact) mass is 302 g/mol. The highest BCUT2D eigenvalue weighted by Gasteiger charge is 2.31. The Morgan fingerprint density at radius 1 is 1.18 bits per heavy atom. The van der Waals surface area contributed by atoms with Crippen LogP contribution in [0.15, 0.2) is 30.3 Å². The second kappa shape index (κ2) is 7.14. The molecule has 3 rings (SSSR count). The number of aliphatic hydroxyl groups is 1. The number of nitrogens with zero attached hydrogens (tertiary/aromatic N) is 1. The maximum Gasteiger partial charge on any atom is 0.317 e. The summed E-state index contributed by atoms with van der Waals surface area (Å²) in [5.74, 6) is 0.932. The molecule has 2 aliphatic rings. The quantitative estimate of drug-likeness (QED) is 0.898. The largest absolute Gasteiger partial charge is 0.396 e. The lowest BCUT2D eigenvalue weighted by molar-refractivity contribution is 0.130. The molecule has 2 amide bonds. The molecular formula is C18H26N2O2. The van der Waals surface area contributed by atoms with E-state index in [1.54, 1.807) is 0 Å². The normalized spacial score (nSPS) is 21.2. The molecule has 1 saturated carbocycles. The van der Waals surface area contributed by atoms with Gasteiger partial charge in [0.1, 0.15) is 0 Å². The highest BCUT2D eigenvalue weighted by Crippen LogP contribution is 2.37. The van der Waals surface area contributed by atoms with Crippen molar-refractivity contribution in [1.29, 1.82) is 0 Å². The van der Waals surface area contributed by atoms with Crippen LogP contribution in [0.2, 0.25) is 0 Å². The number of carbonyl (C=O) groups is 1. The summed E-state index contributed by atoms with van der Waals surface area (Å²) in [6.07, 6.45) is 5.48. The summed E-state index contributed by atoms with van der Waals surface area (Å²) in [5, 5.41) is 12.5. The molecule has 0 aromatic heterocycles. The Kier molecular flexibility index (Phi) is 4.98. The number of carbonyl (C=O) groups excluding carboxylic acids is 1. The van der Waals surface area contributed by atoms with E-state index in [9.17, 15) is 9.90 Å². The number of amides is 2. The molecule has 120 valence electrons. The standard InChI is InChI=1S/C18H26N2O2/c21-13-14-9-11-20(12-10-14)18(22)19-17(16-7-4-8-16)15-5-2-1-3-6-15/h1-3,5-6,14,16-17,21H,4,7-13H2,(H,19,22). The zero-order chi connectivity index (χ0) is 15.4. The third-order valence-corrected chi connectivity index (χ3v) is 5.22. The second-order valence-corrected chi connectivity index (χ2v) is 6.64. The van der Waals surface area contributed by atoms with Crippen LogP contribution in [0, 0.1) is 11.8 Å². The molecule has 4 heteroatoms. The minimum atomic E-state index is 0.0529. The molecule has 1 atom stereocenters. The van der Waals surface area contributed by atoms with Crippen molar-refractivity contribution in [3.05, 3.63) is 35.9 Å². The third kappa shape index (κ3) is 3.43. The average molecular weight is 302 g/mol. The first-order valence-electron chi connectivity index (χ1n) is 8.49. The first kappa shape index (κ1) is 15.3. The van der Waals surface area contributed by atoms with Crippen molar-refractivity contribution < 1.29 is 9.90 Å². The SMILES string of the molecule is O=C(NC(c1ccccc1)C1CCC1)N1CCC(CO)CC1. The van der Waals surface area contributed by atoms with Gasteiger partial charge in [-0.1, -0.05) is 36.8 Å². The number of benzene rings is 1. The van der Waals surface area contributed by atoms with Crippen LogP contribution in [0.4, 0.5) is 4.79 Å². The molecular weight excluding hydrogens is 276 g/mol. The number of nitrogens with one attached hydrogen (secondary N) is 1. The number of hydrogen-bond acceptors (Lipinski definition) is 2. The van der Waals surface area contributed by atoms with E-state index in [0.29, 0.717) is 11.8 Å². The van der Waals surface area contributed by atoms with Gasteiger partial charge in [-0.3, -0.25) is 0 Å². The van der Waals surface area contributed by atoms with Crippen LogP contribution in [-0.4, -0.2) is 35.7 Å². The molecule has 1 aliphatic carbocycles. The highest BCUT2D eigenvalue weighted by atomic mass is 16.3. The van der Waals surface area contributed by atoms with E-state index < -0.39 is 0 Å². The molecule has 1 aromatic rings. The Bertz CT molecular complexity index is 479. The van der Waals surface area contributed by atoms with Crippen molar-refractivity contribution in [2.45, 2.75) is 38.1 Å². The van der Waals surface area contributed by atoms with E-state index in [4.69, 9.17) is 0 Å². The molecule has 1 unspecified atom stereocenters. The fourth-order valence-electron chi connectivity index (χ4n) is 3.45. The Hall–Kier alpha value is -1.55. The number of urea groups is 1. The van der Waals surface area contributed by atoms with E-state index in [-0.39, 0.29) is 18.7 Å². The van der Waals surface area contributed by atoms with Gasteiger partial charge in [0.05, 0.1) is 6.04 Å². The third-order valence-electron chi connectivity index (χ3n) is 5.22. The zero-order valence-electron chi connectivity index (χ0n) is 13.1. The van der Waals surface area contributed by atoms with Gasteiger partial charge in [0.25, 0.3) is 0 Å². The molecule has 0 bridgehead atoms. The molecule has 1 saturated heterocycles. The van der Waals surface area contributed by atoms with Crippen LogP contribution >= 0.6 is 0 Å². The Morgan fingerprint density at radius 3 is 2.41 bits per heavy atom. The maximum absolute atomic E-state index is 12.6. The van der Waals surface area contributed by atoms with Crippen molar-refractivity contribution in [2.75, 3.05) is 19.7 Å². The smallest absolute Gasteiger partial charge is 0.317 e. The van der Waals surface area contributed by atoms with E-state index >= 15 is 0 Å². The highest BCUT2D eigenvalue weighted by molar-refractivity contribution is 5.75. The van der Waals surface area contributed by atoms with Gasteiger partial charge in [0, 0.05) is 19.7 Å². The molecule has 4 nitrogen and oxygen atoms in total. The molecule has 0 radical (unpaired) electrons. The molecule has 0 spiro atoms. The van der Waals surface area contributed by atoms with Crippen LogP contribution < -0.4 is 5.32 Å². The van der Waals surface area contributed by atoms with Crippen molar-refractivity contribution in [2.24, 2.45) is 11.8 Å². The topological polar surface area (TPSA) is 52.6 Å². The molecule has 22 heavy (non-hydrogen) atoms. The first-order valence-corrected chi connectivity index (χ1v) is 8.49. The minimum Gasteiger partial charge on any atom is -0.396 e. The summed E-state index contributed by atoms with van der Waals surface area (Å²) in [7, 11) is 0. The van der Waals surface area contributed by atoms with Gasteiger partial charge in [-0.15, -0.1) is 0 Å². The molecule has 1 heterocycles. The summed E-state index contributed by atoms with van der Waals surface area (Å²) >= 11 is 0. The maximum atomic E-state index is 12.6. The minimum absolute atomic E-state index is 0.0529. The number of piperidine rings is 1. The predicted octanol–water partition coefficient (Wildman–Crippen LogP) is 2.94. The Balaban J connectivity index is 1.62. The lowest BCUT2D eigenvalue weighted by Gasteiger charge is -2.37. The number of hydrogen-bond donors (Lipinski definition) is 2. The van der Waals surface area contributed by atoms with Crippen LogP contribution in [0.1, 0.15) is 43.7 Å². The van der Waals surface area contributed by atoms with Crippen molar-refractivity contribution in [3.8, 4) is 0 Å². The Morgan fingerprint density at radius 2 is 1.86 bits per heavy atom. The number of rotatable bonds is 4. The summed E-state index contributed by atoms with van der Waals surface area (Å²) < 4.78 is 0. The summed E-state index contributed by atoms with van der Waals surface area (Å²) in [5.41, 5.74) is 1.21. The van der Waals surface area contributed by atoms with E-state index in [1.807, 2.05) is 23.1 Å². The van der Waals surface area contributed by atoms with Crippen LogP contribution in [0.3, 0.4) is 0 Å². The lowest BCUT2D eigenvalue weighted by atomic mass is 9.77. The molecule has 2 fully saturated rings. The number of aliphatic hydroxyl groups excluding tert-OH is 1. The van der Waals surface area contributed by atoms with Gasteiger partial charge in [-0.2, -0.15) is 0 Å². The lowest BCUT2D eigenvalue weighted by Crippen LogP contribution is -2.47. The van der Waals surface area contributed by atoms with E-state index in [1.165, 1.54) is 24.8 Å². The second-order valence-electron chi connectivity index (χ2n) is 6.64. The van der Waals surface area contributed by atoms with Crippen molar-refractivity contribution in [1.82, 2.24) is 10.2 Å². The Labute approximate surface area is 132 Å². The van der Waals surface area contributed by atoms with Gasteiger partial charge in [0.15, 0.2) is 0 Å². The van der Waals surface area contributed by atoms with Crippen molar-refractivity contribution >= 4 is 6.03 Å². The fourth-order valence-corrected chi connectivity index (χ4v) is 3.45. The fraction of sp³-hybridized carbons (Fsp3) is 0.611. The molecule has 1 aromatic carbocycles. The average Bonchev–Trinajstić information content (AvgIpc) is 2.53. The van der Waals surface area contributed by atoms with E-state index in [0.717, 1.165) is 25.9 Å². The van der Waals surface area contributed by atoms with Crippen LogP contribution in [0.25, 0.3) is 0 Å². The summed E-state index contributed by atoms with van der Waals surface area (Å²) in [6.45, 7) is 1.75. The van der Waals surface area contributed by atoms with Gasteiger partial charge in [0.2, 0.25) is 0 Å². The van der Waals surface area contributed by atoms with Crippen LogP contribution in [-0.2, 0) is 0 Å². The first-order chi connectivity index (χ1) is 10.8. The zero-order valence-corrected chi connectivity index (χ0v) is 13.1. The molecule has 1 aliphatic heterocycles. The molecule has 2 N–H and O–H groups in total.